The molecule has 3 aliphatic rings. The monoisotopic (exact) mass is 365 g/mol. The summed E-state index contributed by atoms with van der Waals surface area (Å²) in [5.74, 6) is -1.08. The molecule has 0 aromatic carbocycles. The van der Waals surface area contributed by atoms with Crippen molar-refractivity contribution >= 4 is 11.9 Å². The molecule has 1 aliphatic heterocycles. The molecule has 26 heavy (non-hydrogen) atoms. The number of carbonyl (C=O) groups excluding carboxylic acids is 2. The van der Waals surface area contributed by atoms with E-state index in [4.69, 9.17) is 14.2 Å². The Morgan fingerprint density at radius 1 is 1.19 bits per heavy atom. The van der Waals surface area contributed by atoms with Gasteiger partial charge in [0.15, 0.2) is 5.79 Å². The van der Waals surface area contributed by atoms with Gasteiger partial charge in [-0.3, -0.25) is 4.79 Å². The molecule has 0 aromatic rings. The number of nitrogens with one attached hydrogen (secondary N) is 1. The first-order valence-electron chi connectivity index (χ1n) is 9.82. The Morgan fingerprint density at radius 2 is 1.88 bits per heavy atom. The third-order valence-corrected chi connectivity index (χ3v) is 5.52. The van der Waals surface area contributed by atoms with Crippen LogP contribution in [-0.2, 0) is 23.8 Å². The molecule has 0 radical (unpaired) electrons. The topological polar surface area (TPSA) is 73.9 Å². The van der Waals surface area contributed by atoms with E-state index in [9.17, 15) is 9.59 Å². The first-order valence-corrected chi connectivity index (χ1v) is 9.82. The minimum atomic E-state index is -0.609. The minimum absolute atomic E-state index is 0.0209. The van der Waals surface area contributed by atoms with Gasteiger partial charge in [0.25, 0.3) is 0 Å². The predicted octanol–water partition coefficient (Wildman–Crippen LogP) is 3.06. The summed E-state index contributed by atoms with van der Waals surface area (Å²) in [6.45, 7) is 7.68. The predicted molar refractivity (Wildman–Crippen MR) is 96.0 cm³/mol. The standard InChI is InChI=1S/C20H31NO5/c1-4-24-18(23)15-7-5-6-8-16(15)21-17(22)14-9-10-20(11-14)25-12-19(2,3)13-26-20/h14H,4-13H2,1-3H3,(H,21,22). The summed E-state index contributed by atoms with van der Waals surface area (Å²) in [5, 5.41) is 3.02. The van der Waals surface area contributed by atoms with Crippen LogP contribution in [0.5, 0.6) is 0 Å². The van der Waals surface area contributed by atoms with Crippen LogP contribution >= 0.6 is 0 Å². The molecule has 1 unspecified atom stereocenters. The van der Waals surface area contributed by atoms with Crippen molar-refractivity contribution in [3.8, 4) is 0 Å². The van der Waals surface area contributed by atoms with Crippen LogP contribution in [0.3, 0.4) is 0 Å². The molecule has 1 saturated carbocycles. The van der Waals surface area contributed by atoms with Crippen molar-refractivity contribution in [2.45, 2.75) is 71.5 Å². The van der Waals surface area contributed by atoms with Gasteiger partial charge in [-0.2, -0.15) is 0 Å². The minimum Gasteiger partial charge on any atom is -0.463 e. The zero-order chi connectivity index (χ0) is 18.8. The van der Waals surface area contributed by atoms with E-state index in [2.05, 4.69) is 19.2 Å². The van der Waals surface area contributed by atoms with Crippen molar-refractivity contribution in [3.63, 3.8) is 0 Å². The molecule has 1 heterocycles. The third-order valence-electron chi connectivity index (χ3n) is 5.52. The van der Waals surface area contributed by atoms with Gasteiger partial charge in [-0.05, 0) is 39.0 Å². The second-order valence-electron chi connectivity index (χ2n) is 8.47. The highest BCUT2D eigenvalue weighted by Crippen LogP contribution is 2.43. The van der Waals surface area contributed by atoms with Gasteiger partial charge in [-0.25, -0.2) is 4.79 Å². The molecule has 1 N–H and O–H groups in total. The molecule has 0 bridgehead atoms. The smallest absolute Gasteiger partial charge is 0.335 e. The molecule has 6 nitrogen and oxygen atoms in total. The number of hydrogen-bond donors (Lipinski definition) is 1. The SMILES string of the molecule is CCOC(=O)C1=C(NC(=O)C2CCC3(C2)OCC(C)(C)CO3)CCCC1. The lowest BCUT2D eigenvalue weighted by molar-refractivity contribution is -0.295. The quantitative estimate of drug-likeness (QED) is 0.775. The lowest BCUT2D eigenvalue weighted by atomic mass is 9.94. The van der Waals surface area contributed by atoms with E-state index >= 15 is 0 Å². The number of rotatable bonds is 4. The number of esters is 1. The van der Waals surface area contributed by atoms with Crippen molar-refractivity contribution in [2.24, 2.45) is 11.3 Å². The highest BCUT2D eigenvalue weighted by molar-refractivity contribution is 5.91. The summed E-state index contributed by atoms with van der Waals surface area (Å²) in [6, 6.07) is 0. The fourth-order valence-electron chi connectivity index (χ4n) is 3.93. The molecule has 2 fully saturated rings. The van der Waals surface area contributed by atoms with E-state index in [1.807, 2.05) is 0 Å². The van der Waals surface area contributed by atoms with Crippen LogP contribution in [-0.4, -0.2) is 37.5 Å². The summed E-state index contributed by atoms with van der Waals surface area (Å²) in [6.07, 6.45) is 5.39. The maximum Gasteiger partial charge on any atom is 0.335 e. The highest BCUT2D eigenvalue weighted by atomic mass is 16.7. The number of allylic oxidation sites excluding steroid dienone is 1. The Hall–Kier alpha value is -1.40. The van der Waals surface area contributed by atoms with E-state index in [1.165, 1.54) is 0 Å². The maximum atomic E-state index is 12.8. The van der Waals surface area contributed by atoms with Crippen LogP contribution in [0.15, 0.2) is 11.3 Å². The van der Waals surface area contributed by atoms with Crippen LogP contribution in [0, 0.1) is 11.3 Å². The molecule has 3 rings (SSSR count). The molecule has 1 atom stereocenters. The zero-order valence-corrected chi connectivity index (χ0v) is 16.2. The van der Waals surface area contributed by atoms with Gasteiger partial charge in [0.1, 0.15) is 0 Å². The van der Waals surface area contributed by atoms with Crippen molar-refractivity contribution < 1.29 is 23.8 Å². The van der Waals surface area contributed by atoms with Gasteiger partial charge in [0.05, 0.1) is 25.4 Å². The first kappa shape index (κ1) is 19.4. The second-order valence-corrected chi connectivity index (χ2v) is 8.47. The van der Waals surface area contributed by atoms with Crippen molar-refractivity contribution in [3.05, 3.63) is 11.3 Å². The zero-order valence-electron chi connectivity index (χ0n) is 16.2. The van der Waals surface area contributed by atoms with Crippen LogP contribution in [0.1, 0.15) is 65.7 Å². The normalized spacial score (nSPS) is 27.4. The second kappa shape index (κ2) is 7.69. The van der Waals surface area contributed by atoms with Crippen molar-refractivity contribution in [2.75, 3.05) is 19.8 Å². The molecule has 1 saturated heterocycles. The largest absolute Gasteiger partial charge is 0.463 e. The van der Waals surface area contributed by atoms with Crippen molar-refractivity contribution in [1.29, 1.82) is 0 Å². The Balaban J connectivity index is 1.62. The van der Waals surface area contributed by atoms with Crippen molar-refractivity contribution in [1.82, 2.24) is 5.32 Å². The molecule has 6 heteroatoms. The van der Waals surface area contributed by atoms with E-state index in [0.29, 0.717) is 38.2 Å². The Labute approximate surface area is 155 Å². The summed E-state index contributed by atoms with van der Waals surface area (Å²) in [4.78, 5) is 24.9. The van der Waals surface area contributed by atoms with E-state index in [-0.39, 0.29) is 23.2 Å². The number of amides is 1. The third kappa shape index (κ3) is 4.29. The molecular weight excluding hydrogens is 334 g/mol. The Kier molecular flexibility index (Phi) is 5.72. The maximum absolute atomic E-state index is 12.8. The summed E-state index contributed by atoms with van der Waals surface area (Å²) in [7, 11) is 0. The molecule has 2 aliphatic carbocycles. The molecule has 1 spiro atoms. The fraction of sp³-hybridized carbons (Fsp3) is 0.800. The summed E-state index contributed by atoms with van der Waals surface area (Å²) in [5.41, 5.74) is 1.39. The van der Waals surface area contributed by atoms with Gasteiger partial charge in [0.2, 0.25) is 5.91 Å². The molecule has 0 aromatic heterocycles. The van der Waals surface area contributed by atoms with Crippen LogP contribution < -0.4 is 5.32 Å². The van der Waals surface area contributed by atoms with Gasteiger partial charge < -0.3 is 19.5 Å². The Morgan fingerprint density at radius 3 is 2.58 bits per heavy atom. The van der Waals surface area contributed by atoms with Gasteiger partial charge in [0, 0.05) is 29.9 Å². The van der Waals surface area contributed by atoms with E-state index < -0.39 is 5.79 Å². The summed E-state index contributed by atoms with van der Waals surface area (Å²) < 4.78 is 17.2. The molecule has 146 valence electrons. The van der Waals surface area contributed by atoms with E-state index in [1.54, 1.807) is 6.92 Å². The van der Waals surface area contributed by atoms with Crippen LogP contribution in [0.4, 0.5) is 0 Å². The number of hydrogen-bond acceptors (Lipinski definition) is 5. The van der Waals surface area contributed by atoms with Crippen LogP contribution in [0.25, 0.3) is 0 Å². The van der Waals surface area contributed by atoms with E-state index in [0.717, 1.165) is 37.8 Å². The lowest BCUT2D eigenvalue weighted by Gasteiger charge is -2.41. The molecule has 1 amide bonds. The Bertz CT molecular complexity index is 585. The number of carbonyl (C=O) groups is 2. The highest BCUT2D eigenvalue weighted by Gasteiger charge is 2.48. The van der Waals surface area contributed by atoms with Gasteiger partial charge >= 0.3 is 5.97 Å². The fourth-order valence-corrected chi connectivity index (χ4v) is 3.93. The van der Waals surface area contributed by atoms with Crippen LogP contribution in [0.2, 0.25) is 0 Å². The molecular formula is C20H31NO5. The summed E-state index contributed by atoms with van der Waals surface area (Å²) >= 11 is 0. The number of ether oxygens (including phenoxy) is 3. The average molecular weight is 365 g/mol. The van der Waals surface area contributed by atoms with Gasteiger partial charge in [-0.15, -0.1) is 0 Å². The average Bonchev–Trinajstić information content (AvgIpc) is 3.03. The first-order chi connectivity index (χ1) is 12.3. The van der Waals surface area contributed by atoms with Gasteiger partial charge in [-0.1, -0.05) is 13.8 Å². The lowest BCUT2D eigenvalue weighted by Crippen LogP contribution is -2.46.